The Labute approximate surface area is 103 Å². The molecule has 0 spiro atoms. The van der Waals surface area contributed by atoms with Crippen LogP contribution in [0.3, 0.4) is 0 Å². The molecule has 0 aliphatic carbocycles. The van der Waals surface area contributed by atoms with Crippen molar-refractivity contribution in [3.05, 3.63) is 16.7 Å². The van der Waals surface area contributed by atoms with Gasteiger partial charge in [-0.3, -0.25) is 0 Å². The van der Waals surface area contributed by atoms with E-state index in [-0.39, 0.29) is 18.0 Å². The average Bonchev–Trinajstić information content (AvgIpc) is 2.48. The molecule has 90 valence electrons. The van der Waals surface area contributed by atoms with Crippen LogP contribution in [0.1, 0.15) is 30.5 Å². The first-order chi connectivity index (χ1) is 6.83. The number of rotatable bonds is 0. The van der Waals surface area contributed by atoms with Gasteiger partial charge in [0.25, 0.3) is 0 Å². The smallest absolute Gasteiger partial charge is 0.128 e. The number of ether oxygens (including phenoxy) is 1. The summed E-state index contributed by atoms with van der Waals surface area (Å²) < 4.78 is 5.91. The molecule has 0 fully saturated rings. The Morgan fingerprint density at radius 3 is 2.19 bits per heavy atom. The molecular weight excluding hydrogens is 224 g/mol. The van der Waals surface area contributed by atoms with Gasteiger partial charge in [0.05, 0.1) is 11.4 Å². The van der Waals surface area contributed by atoms with Gasteiger partial charge in [0.1, 0.15) is 11.4 Å². The van der Waals surface area contributed by atoms with Crippen molar-refractivity contribution in [2.75, 3.05) is 11.5 Å². The number of hydrogen-bond acceptors (Lipinski definition) is 3. The number of fused-ring (bicyclic) bond motifs is 1. The second-order valence-corrected chi connectivity index (χ2v) is 4.92. The summed E-state index contributed by atoms with van der Waals surface area (Å²) in [6, 6.07) is 0. The summed E-state index contributed by atoms with van der Waals surface area (Å²) in [5, 5.41) is 0. The van der Waals surface area contributed by atoms with Crippen molar-refractivity contribution < 1.29 is 4.74 Å². The Bertz CT molecular complexity index is 402. The van der Waals surface area contributed by atoms with Crippen LogP contribution >= 0.6 is 12.4 Å². The molecule has 0 amide bonds. The first kappa shape index (κ1) is 13.0. The zero-order chi connectivity index (χ0) is 11.4. The lowest BCUT2D eigenvalue weighted by Crippen LogP contribution is -2.24. The topological polar surface area (TPSA) is 61.3 Å². The van der Waals surface area contributed by atoms with E-state index in [0.717, 1.165) is 28.9 Å². The molecule has 2 rings (SSSR count). The maximum absolute atomic E-state index is 6.02. The van der Waals surface area contributed by atoms with Crippen LogP contribution in [0.4, 0.5) is 11.4 Å². The highest BCUT2D eigenvalue weighted by molar-refractivity contribution is 5.85. The first-order valence-electron chi connectivity index (χ1n) is 5.19. The van der Waals surface area contributed by atoms with E-state index in [1.54, 1.807) is 0 Å². The molecule has 1 aliphatic heterocycles. The number of anilines is 2. The SMILES string of the molecule is Cc1c(C)c2c(c(N)c1N)CC(C)(C)O2.Cl. The Morgan fingerprint density at radius 1 is 1.06 bits per heavy atom. The minimum atomic E-state index is -0.165. The molecule has 16 heavy (non-hydrogen) atoms. The second-order valence-electron chi connectivity index (χ2n) is 4.92. The highest BCUT2D eigenvalue weighted by atomic mass is 35.5. The van der Waals surface area contributed by atoms with Gasteiger partial charge in [-0.15, -0.1) is 12.4 Å². The summed E-state index contributed by atoms with van der Waals surface area (Å²) in [7, 11) is 0. The van der Waals surface area contributed by atoms with Crippen molar-refractivity contribution >= 4 is 23.8 Å². The fourth-order valence-corrected chi connectivity index (χ4v) is 2.14. The lowest BCUT2D eigenvalue weighted by Gasteiger charge is -2.18. The Kier molecular flexibility index (Phi) is 3.03. The van der Waals surface area contributed by atoms with Gasteiger partial charge in [0.2, 0.25) is 0 Å². The molecule has 1 aliphatic rings. The van der Waals surface area contributed by atoms with Gasteiger partial charge in [-0.05, 0) is 38.8 Å². The number of benzene rings is 1. The van der Waals surface area contributed by atoms with E-state index in [4.69, 9.17) is 16.2 Å². The van der Waals surface area contributed by atoms with E-state index in [0.29, 0.717) is 11.4 Å². The third kappa shape index (κ3) is 1.69. The zero-order valence-electron chi connectivity index (χ0n) is 10.2. The summed E-state index contributed by atoms with van der Waals surface area (Å²) in [5.41, 5.74) is 16.4. The summed E-state index contributed by atoms with van der Waals surface area (Å²) in [5.74, 6) is 0.934. The van der Waals surface area contributed by atoms with Crippen molar-refractivity contribution in [2.45, 2.75) is 39.7 Å². The molecule has 4 N–H and O–H groups in total. The second kappa shape index (κ2) is 3.74. The largest absolute Gasteiger partial charge is 0.487 e. The van der Waals surface area contributed by atoms with Gasteiger partial charge in [0.15, 0.2) is 0 Å². The fraction of sp³-hybridized carbons (Fsp3) is 0.500. The Morgan fingerprint density at radius 2 is 1.62 bits per heavy atom. The molecule has 0 bridgehead atoms. The van der Waals surface area contributed by atoms with E-state index < -0.39 is 0 Å². The van der Waals surface area contributed by atoms with Crippen LogP contribution in [-0.4, -0.2) is 5.60 Å². The van der Waals surface area contributed by atoms with Gasteiger partial charge >= 0.3 is 0 Å². The van der Waals surface area contributed by atoms with Crippen LogP contribution in [-0.2, 0) is 6.42 Å². The first-order valence-corrected chi connectivity index (χ1v) is 5.19. The molecule has 0 atom stereocenters. The minimum Gasteiger partial charge on any atom is -0.487 e. The van der Waals surface area contributed by atoms with Gasteiger partial charge in [-0.1, -0.05) is 0 Å². The minimum absolute atomic E-state index is 0. The molecule has 3 nitrogen and oxygen atoms in total. The number of nitrogens with two attached hydrogens (primary N) is 2. The molecule has 4 heteroatoms. The molecule has 0 radical (unpaired) electrons. The van der Waals surface area contributed by atoms with Crippen LogP contribution in [0.15, 0.2) is 0 Å². The molecule has 0 saturated carbocycles. The molecule has 1 aromatic carbocycles. The van der Waals surface area contributed by atoms with Gasteiger partial charge < -0.3 is 16.2 Å². The highest BCUT2D eigenvalue weighted by Gasteiger charge is 2.34. The zero-order valence-corrected chi connectivity index (χ0v) is 11.0. The number of halogens is 1. The molecule has 1 aromatic rings. The van der Waals surface area contributed by atoms with E-state index in [1.807, 2.05) is 13.8 Å². The third-order valence-electron chi connectivity index (χ3n) is 3.18. The molecule has 0 saturated heterocycles. The Hall–Kier alpha value is -1.09. The van der Waals surface area contributed by atoms with E-state index >= 15 is 0 Å². The van der Waals surface area contributed by atoms with E-state index in [1.165, 1.54) is 0 Å². The van der Waals surface area contributed by atoms with Crippen molar-refractivity contribution in [2.24, 2.45) is 0 Å². The summed E-state index contributed by atoms with van der Waals surface area (Å²) >= 11 is 0. The fourth-order valence-electron chi connectivity index (χ4n) is 2.14. The lowest BCUT2D eigenvalue weighted by atomic mass is 9.95. The third-order valence-corrected chi connectivity index (χ3v) is 3.18. The lowest BCUT2D eigenvalue weighted by molar-refractivity contribution is 0.137. The summed E-state index contributed by atoms with van der Waals surface area (Å²) in [6.07, 6.45) is 0.833. The van der Waals surface area contributed by atoms with Gasteiger partial charge in [-0.25, -0.2) is 0 Å². The quantitative estimate of drug-likeness (QED) is 0.688. The number of nitrogen functional groups attached to an aromatic ring is 2. The van der Waals surface area contributed by atoms with E-state index in [2.05, 4.69) is 13.8 Å². The summed E-state index contributed by atoms with van der Waals surface area (Å²) in [6.45, 7) is 8.15. The molecule has 0 unspecified atom stereocenters. The van der Waals surface area contributed by atoms with Crippen LogP contribution in [0.25, 0.3) is 0 Å². The Balaban J connectivity index is 0.00000128. The van der Waals surface area contributed by atoms with Crippen molar-refractivity contribution in [1.82, 2.24) is 0 Å². The molecular formula is C12H19ClN2O. The van der Waals surface area contributed by atoms with Crippen LogP contribution < -0.4 is 16.2 Å². The van der Waals surface area contributed by atoms with E-state index in [9.17, 15) is 0 Å². The van der Waals surface area contributed by atoms with Crippen molar-refractivity contribution in [1.29, 1.82) is 0 Å². The van der Waals surface area contributed by atoms with Crippen molar-refractivity contribution in [3.8, 4) is 5.75 Å². The standard InChI is InChI=1S/C12H18N2O.ClH/c1-6-7(2)11-8(10(14)9(6)13)5-12(3,4)15-11;/h5,13-14H2,1-4H3;1H. The predicted molar refractivity (Wildman–Crippen MR) is 70.4 cm³/mol. The predicted octanol–water partition coefficient (Wildman–Crippen LogP) is 2.60. The maximum Gasteiger partial charge on any atom is 0.128 e. The maximum atomic E-state index is 6.02. The highest BCUT2D eigenvalue weighted by Crippen LogP contribution is 2.44. The summed E-state index contributed by atoms with van der Waals surface area (Å²) in [4.78, 5) is 0. The van der Waals surface area contributed by atoms with Crippen LogP contribution in [0.2, 0.25) is 0 Å². The van der Waals surface area contributed by atoms with Crippen LogP contribution in [0, 0.1) is 13.8 Å². The molecule has 1 heterocycles. The van der Waals surface area contributed by atoms with Gasteiger partial charge in [0, 0.05) is 12.0 Å². The molecule has 0 aromatic heterocycles. The average molecular weight is 243 g/mol. The van der Waals surface area contributed by atoms with Gasteiger partial charge in [-0.2, -0.15) is 0 Å². The van der Waals surface area contributed by atoms with Crippen molar-refractivity contribution in [3.63, 3.8) is 0 Å². The van der Waals surface area contributed by atoms with Crippen LogP contribution in [0.5, 0.6) is 5.75 Å². The normalized spacial score (nSPS) is 16.2. The number of hydrogen-bond donors (Lipinski definition) is 2. The monoisotopic (exact) mass is 242 g/mol.